The molecule has 150 valence electrons. The summed E-state index contributed by atoms with van der Waals surface area (Å²) in [4.78, 5) is 0. The van der Waals surface area contributed by atoms with Crippen LogP contribution >= 0.6 is 0 Å². The first-order valence-corrected chi connectivity index (χ1v) is 10.8. The Morgan fingerprint density at radius 1 is 1.04 bits per heavy atom. The van der Waals surface area contributed by atoms with Crippen LogP contribution in [-0.4, -0.2) is 17.3 Å². The van der Waals surface area contributed by atoms with E-state index in [1.54, 1.807) is 0 Å². The minimum atomic E-state index is -0.608. The van der Waals surface area contributed by atoms with Gasteiger partial charge in [0.1, 0.15) is 5.75 Å². The molecule has 0 saturated carbocycles. The van der Waals surface area contributed by atoms with Crippen molar-refractivity contribution in [1.82, 2.24) is 0 Å². The Morgan fingerprint density at radius 2 is 1.71 bits per heavy atom. The van der Waals surface area contributed by atoms with E-state index in [0.29, 0.717) is 5.92 Å². The van der Waals surface area contributed by atoms with Crippen molar-refractivity contribution in [2.24, 2.45) is 11.3 Å². The van der Waals surface area contributed by atoms with Gasteiger partial charge in [0.2, 0.25) is 0 Å². The van der Waals surface area contributed by atoms with Gasteiger partial charge in [0.15, 0.2) is 0 Å². The normalized spacial score (nSPS) is 20.1. The molecule has 2 heteroatoms. The molecule has 4 rings (SSSR count). The lowest BCUT2D eigenvalue weighted by Crippen LogP contribution is -2.30. The van der Waals surface area contributed by atoms with Crippen LogP contribution in [0.3, 0.4) is 0 Å². The first kappa shape index (κ1) is 19.5. The summed E-state index contributed by atoms with van der Waals surface area (Å²) in [6.45, 7) is 9.67. The van der Waals surface area contributed by atoms with Crippen LogP contribution in [0.4, 0.5) is 0 Å². The zero-order chi connectivity index (χ0) is 19.9. The summed E-state index contributed by atoms with van der Waals surface area (Å²) < 4.78 is 6.16. The highest BCUT2D eigenvalue weighted by molar-refractivity contribution is 5.46. The van der Waals surface area contributed by atoms with Gasteiger partial charge in [-0.2, -0.15) is 0 Å². The van der Waals surface area contributed by atoms with Crippen LogP contribution < -0.4 is 4.74 Å². The fourth-order valence-corrected chi connectivity index (χ4v) is 4.83. The maximum atomic E-state index is 11.2. The zero-order valence-electron chi connectivity index (χ0n) is 17.8. The highest BCUT2D eigenvalue weighted by Gasteiger charge is 2.35. The molecule has 2 aliphatic rings. The van der Waals surface area contributed by atoms with E-state index in [1.807, 2.05) is 0 Å². The lowest BCUT2D eigenvalue weighted by atomic mass is 9.89. The van der Waals surface area contributed by atoms with Crippen molar-refractivity contribution in [2.75, 3.05) is 6.61 Å². The first-order valence-electron chi connectivity index (χ1n) is 10.8. The van der Waals surface area contributed by atoms with Crippen LogP contribution in [0.2, 0.25) is 0 Å². The molecule has 0 fully saturated rings. The molecule has 1 atom stereocenters. The monoisotopic (exact) mass is 378 g/mol. The van der Waals surface area contributed by atoms with Crippen molar-refractivity contribution in [2.45, 2.75) is 71.8 Å². The number of ether oxygens (including phenoxy) is 1. The van der Waals surface area contributed by atoms with Gasteiger partial charge in [0.25, 0.3) is 0 Å². The number of aryl methyl sites for hydroxylation is 1. The Morgan fingerprint density at radius 3 is 2.36 bits per heavy atom. The molecule has 0 bridgehead atoms. The second kappa shape index (κ2) is 7.22. The molecule has 2 aromatic rings. The van der Waals surface area contributed by atoms with Crippen LogP contribution in [0, 0.1) is 11.3 Å². The molecule has 28 heavy (non-hydrogen) atoms. The van der Waals surface area contributed by atoms with Crippen molar-refractivity contribution in [3.8, 4) is 5.75 Å². The molecule has 2 aromatic carbocycles. The molecule has 0 radical (unpaired) electrons. The van der Waals surface area contributed by atoms with Gasteiger partial charge in [-0.3, -0.25) is 0 Å². The molecular formula is C26H34O2. The van der Waals surface area contributed by atoms with Crippen molar-refractivity contribution in [3.05, 3.63) is 64.2 Å². The highest BCUT2D eigenvalue weighted by Crippen LogP contribution is 2.37. The third-order valence-corrected chi connectivity index (χ3v) is 6.22. The largest absolute Gasteiger partial charge is 0.493 e. The number of hydrogen-bond acceptors (Lipinski definition) is 2. The van der Waals surface area contributed by atoms with Crippen molar-refractivity contribution < 1.29 is 9.84 Å². The van der Waals surface area contributed by atoms with Crippen LogP contribution in [0.15, 0.2) is 36.4 Å². The minimum Gasteiger partial charge on any atom is -0.493 e. The Kier molecular flexibility index (Phi) is 5.03. The maximum Gasteiger partial charge on any atom is 0.119 e. The summed E-state index contributed by atoms with van der Waals surface area (Å²) in [5.41, 5.74) is 6.51. The van der Waals surface area contributed by atoms with Crippen LogP contribution in [0.25, 0.3) is 0 Å². The van der Waals surface area contributed by atoms with E-state index in [4.69, 9.17) is 4.74 Å². The summed E-state index contributed by atoms with van der Waals surface area (Å²) in [5.74, 6) is 1.70. The van der Waals surface area contributed by atoms with Gasteiger partial charge >= 0.3 is 0 Å². The van der Waals surface area contributed by atoms with E-state index in [-0.39, 0.29) is 5.41 Å². The van der Waals surface area contributed by atoms with E-state index in [0.717, 1.165) is 50.9 Å². The minimum absolute atomic E-state index is 0.150. The molecule has 0 aromatic heterocycles. The van der Waals surface area contributed by atoms with Crippen molar-refractivity contribution in [3.63, 3.8) is 0 Å². The molecule has 0 heterocycles. The van der Waals surface area contributed by atoms with Gasteiger partial charge in [-0.1, -0.05) is 52.0 Å². The van der Waals surface area contributed by atoms with Crippen LogP contribution in [0.1, 0.15) is 61.9 Å². The summed E-state index contributed by atoms with van der Waals surface area (Å²) in [7, 11) is 0. The average Bonchev–Trinajstić information content (AvgIpc) is 3.15. The predicted molar refractivity (Wildman–Crippen MR) is 115 cm³/mol. The molecule has 2 aliphatic carbocycles. The quantitative estimate of drug-likeness (QED) is 0.764. The molecule has 0 saturated heterocycles. The molecule has 0 spiro atoms. The van der Waals surface area contributed by atoms with Gasteiger partial charge in [-0.15, -0.1) is 0 Å². The SMILES string of the molecule is CC1Cc2cc(OCC(C)(C)C)cc(CCC3(O)Cc4ccccc4C3)c2C1. The molecule has 0 aliphatic heterocycles. The first-order chi connectivity index (χ1) is 13.2. The Labute approximate surface area is 169 Å². The molecule has 0 amide bonds. The number of benzene rings is 2. The van der Waals surface area contributed by atoms with Crippen LogP contribution in [-0.2, 0) is 32.1 Å². The lowest BCUT2D eigenvalue weighted by molar-refractivity contribution is 0.0426. The molecular weight excluding hydrogens is 344 g/mol. The molecule has 1 N–H and O–H groups in total. The number of hydrogen-bond donors (Lipinski definition) is 1. The van der Waals surface area contributed by atoms with Gasteiger partial charge in [0.05, 0.1) is 12.2 Å². The number of fused-ring (bicyclic) bond motifs is 2. The molecule has 2 nitrogen and oxygen atoms in total. The summed E-state index contributed by atoms with van der Waals surface area (Å²) >= 11 is 0. The predicted octanol–water partition coefficient (Wildman–Crippen LogP) is 5.31. The highest BCUT2D eigenvalue weighted by atomic mass is 16.5. The Hall–Kier alpha value is -1.80. The zero-order valence-corrected chi connectivity index (χ0v) is 17.8. The second-order valence-electron chi connectivity index (χ2n) is 10.4. The fraction of sp³-hybridized carbons (Fsp3) is 0.538. The standard InChI is InChI=1S/C26H34O2/c1-18-11-22-14-23(28-17-25(2,3)4)13-19(24(22)12-18)9-10-26(27)15-20-7-5-6-8-21(20)16-26/h5-8,13-14,18,27H,9-12,15-17H2,1-4H3. The maximum absolute atomic E-state index is 11.2. The van der Waals surface area contributed by atoms with E-state index in [1.165, 1.54) is 27.8 Å². The smallest absolute Gasteiger partial charge is 0.119 e. The summed E-state index contributed by atoms with van der Waals surface area (Å²) in [6.07, 6.45) is 5.59. The number of rotatable bonds is 5. The number of aliphatic hydroxyl groups is 1. The van der Waals surface area contributed by atoms with Gasteiger partial charge < -0.3 is 9.84 Å². The fourth-order valence-electron chi connectivity index (χ4n) is 4.83. The summed E-state index contributed by atoms with van der Waals surface area (Å²) in [6, 6.07) is 13.0. The third-order valence-electron chi connectivity index (χ3n) is 6.22. The summed E-state index contributed by atoms with van der Waals surface area (Å²) in [5, 5.41) is 11.2. The lowest BCUT2D eigenvalue weighted by Gasteiger charge is -2.24. The third kappa shape index (κ3) is 4.27. The van der Waals surface area contributed by atoms with Crippen LogP contribution in [0.5, 0.6) is 5.75 Å². The van der Waals surface area contributed by atoms with E-state index >= 15 is 0 Å². The Bertz CT molecular complexity index is 834. The van der Waals surface area contributed by atoms with Gasteiger partial charge in [-0.05, 0) is 77.0 Å². The molecule has 1 unspecified atom stereocenters. The van der Waals surface area contributed by atoms with Gasteiger partial charge in [-0.25, -0.2) is 0 Å². The second-order valence-corrected chi connectivity index (χ2v) is 10.4. The van der Waals surface area contributed by atoms with Gasteiger partial charge in [0, 0.05) is 12.8 Å². The average molecular weight is 379 g/mol. The van der Waals surface area contributed by atoms with Crippen molar-refractivity contribution in [1.29, 1.82) is 0 Å². The van der Waals surface area contributed by atoms with Crippen molar-refractivity contribution >= 4 is 0 Å². The Balaban J connectivity index is 1.52. The van der Waals surface area contributed by atoms with E-state index in [2.05, 4.69) is 64.1 Å². The topological polar surface area (TPSA) is 29.5 Å². The van der Waals surface area contributed by atoms with E-state index in [9.17, 15) is 5.11 Å². The van der Waals surface area contributed by atoms with E-state index < -0.39 is 5.60 Å².